The Morgan fingerprint density at radius 1 is 1.18 bits per heavy atom. The van der Waals surface area contributed by atoms with E-state index in [-0.39, 0.29) is 5.91 Å². The summed E-state index contributed by atoms with van der Waals surface area (Å²) in [6, 6.07) is 0.507. The lowest BCUT2D eigenvalue weighted by Gasteiger charge is -2.34. The van der Waals surface area contributed by atoms with Gasteiger partial charge in [-0.3, -0.25) is 4.79 Å². The molecule has 1 saturated carbocycles. The van der Waals surface area contributed by atoms with Crippen molar-refractivity contribution in [1.29, 1.82) is 0 Å². The molecule has 0 radical (unpaired) electrons. The summed E-state index contributed by atoms with van der Waals surface area (Å²) in [7, 11) is 0. The topological polar surface area (TPSA) is 74.2 Å². The van der Waals surface area contributed by atoms with E-state index in [1.807, 2.05) is 4.90 Å². The smallest absolute Gasteiger partial charge is 0.247 e. The fourth-order valence-electron chi connectivity index (χ4n) is 3.18. The molecule has 22 heavy (non-hydrogen) atoms. The average Bonchev–Trinajstić information content (AvgIpc) is 2.56. The maximum Gasteiger partial charge on any atom is 0.247 e. The Hall–Kier alpha value is -1.92. The molecule has 0 spiro atoms. The number of nitrogens with one attached hydrogen (secondary N) is 1. The zero-order chi connectivity index (χ0) is 15.4. The van der Waals surface area contributed by atoms with Crippen molar-refractivity contribution in [2.24, 2.45) is 0 Å². The van der Waals surface area contributed by atoms with Gasteiger partial charge < -0.3 is 15.1 Å². The lowest BCUT2D eigenvalue weighted by molar-refractivity contribution is -0.129. The summed E-state index contributed by atoms with van der Waals surface area (Å²) in [6.45, 7) is 4.57. The molecule has 1 aromatic heterocycles. The van der Waals surface area contributed by atoms with Crippen molar-refractivity contribution < 1.29 is 4.79 Å². The first-order chi connectivity index (χ1) is 10.7. The van der Waals surface area contributed by atoms with Crippen LogP contribution in [0.15, 0.2) is 6.20 Å². The number of aromatic nitrogens is 3. The SMILES string of the molecule is CC(=O)N1CCN(c2nncc(NC3CCCCC3)n2)CC1. The van der Waals surface area contributed by atoms with E-state index in [1.54, 1.807) is 13.1 Å². The quantitative estimate of drug-likeness (QED) is 0.907. The third kappa shape index (κ3) is 3.64. The number of anilines is 2. The second-order valence-corrected chi connectivity index (χ2v) is 6.11. The molecule has 1 N–H and O–H groups in total. The fourth-order valence-corrected chi connectivity index (χ4v) is 3.18. The van der Waals surface area contributed by atoms with Gasteiger partial charge in [-0.25, -0.2) is 0 Å². The first-order valence-electron chi connectivity index (χ1n) is 8.19. The standard InChI is InChI=1S/C15H24N6O/c1-12(22)20-7-9-21(10-8-20)15-18-14(11-16-19-15)17-13-5-3-2-4-6-13/h11,13H,2-10H2,1H3,(H,17,18,19). The zero-order valence-electron chi connectivity index (χ0n) is 13.2. The molecule has 1 saturated heterocycles. The van der Waals surface area contributed by atoms with Gasteiger partial charge in [0.15, 0.2) is 5.82 Å². The molecule has 7 heteroatoms. The second kappa shape index (κ2) is 6.89. The average molecular weight is 304 g/mol. The Morgan fingerprint density at radius 2 is 1.91 bits per heavy atom. The van der Waals surface area contributed by atoms with Gasteiger partial charge in [0.25, 0.3) is 0 Å². The predicted molar refractivity (Wildman–Crippen MR) is 84.8 cm³/mol. The van der Waals surface area contributed by atoms with E-state index in [4.69, 9.17) is 0 Å². The van der Waals surface area contributed by atoms with Crippen LogP contribution in [0.1, 0.15) is 39.0 Å². The van der Waals surface area contributed by atoms with E-state index in [2.05, 4.69) is 25.4 Å². The largest absolute Gasteiger partial charge is 0.366 e. The number of nitrogens with zero attached hydrogens (tertiary/aromatic N) is 5. The van der Waals surface area contributed by atoms with Crippen LogP contribution in [-0.2, 0) is 4.79 Å². The van der Waals surface area contributed by atoms with E-state index in [9.17, 15) is 4.79 Å². The molecule has 1 aliphatic carbocycles. The Kier molecular flexibility index (Phi) is 4.70. The minimum Gasteiger partial charge on any atom is -0.366 e. The molecule has 1 aromatic rings. The Bertz CT molecular complexity index is 509. The molecule has 120 valence electrons. The van der Waals surface area contributed by atoms with Crippen molar-refractivity contribution in [3.05, 3.63) is 6.20 Å². The first-order valence-corrected chi connectivity index (χ1v) is 8.19. The summed E-state index contributed by atoms with van der Waals surface area (Å²) >= 11 is 0. The molecule has 1 aliphatic heterocycles. The Balaban J connectivity index is 1.60. The number of carbonyl (C=O) groups is 1. The van der Waals surface area contributed by atoms with E-state index in [1.165, 1.54) is 32.1 Å². The van der Waals surface area contributed by atoms with Crippen molar-refractivity contribution in [3.8, 4) is 0 Å². The van der Waals surface area contributed by atoms with Crippen LogP contribution in [0.3, 0.4) is 0 Å². The number of rotatable bonds is 3. The summed E-state index contributed by atoms with van der Waals surface area (Å²) in [4.78, 5) is 19.9. The summed E-state index contributed by atoms with van der Waals surface area (Å²) in [6.07, 6.45) is 8.02. The van der Waals surface area contributed by atoms with Gasteiger partial charge in [-0.2, -0.15) is 10.1 Å². The van der Waals surface area contributed by atoms with Crippen LogP contribution in [0.25, 0.3) is 0 Å². The van der Waals surface area contributed by atoms with Crippen LogP contribution in [-0.4, -0.2) is 58.2 Å². The van der Waals surface area contributed by atoms with E-state index < -0.39 is 0 Å². The van der Waals surface area contributed by atoms with Crippen LogP contribution in [0.4, 0.5) is 11.8 Å². The third-order valence-corrected chi connectivity index (χ3v) is 4.51. The van der Waals surface area contributed by atoms with Gasteiger partial charge in [0.05, 0.1) is 6.20 Å². The van der Waals surface area contributed by atoms with Crippen LogP contribution in [0.5, 0.6) is 0 Å². The monoisotopic (exact) mass is 304 g/mol. The molecular formula is C15H24N6O. The van der Waals surface area contributed by atoms with Gasteiger partial charge in [0.1, 0.15) is 0 Å². The molecule has 2 heterocycles. The van der Waals surface area contributed by atoms with Gasteiger partial charge in [-0.15, -0.1) is 5.10 Å². The van der Waals surface area contributed by atoms with Gasteiger partial charge in [0.2, 0.25) is 11.9 Å². The summed E-state index contributed by atoms with van der Waals surface area (Å²) in [5.41, 5.74) is 0. The minimum atomic E-state index is 0.131. The molecule has 1 amide bonds. The normalized spacial score (nSPS) is 20.0. The van der Waals surface area contributed by atoms with Crippen LogP contribution < -0.4 is 10.2 Å². The van der Waals surface area contributed by atoms with Crippen molar-refractivity contribution >= 4 is 17.7 Å². The summed E-state index contributed by atoms with van der Waals surface area (Å²) < 4.78 is 0. The lowest BCUT2D eigenvalue weighted by Crippen LogP contribution is -2.48. The van der Waals surface area contributed by atoms with E-state index in [0.29, 0.717) is 12.0 Å². The Morgan fingerprint density at radius 3 is 2.59 bits per heavy atom. The molecular weight excluding hydrogens is 280 g/mol. The molecule has 0 atom stereocenters. The number of amides is 1. The maximum absolute atomic E-state index is 11.4. The molecule has 0 bridgehead atoms. The van der Waals surface area contributed by atoms with Gasteiger partial charge in [-0.1, -0.05) is 19.3 Å². The third-order valence-electron chi connectivity index (χ3n) is 4.51. The van der Waals surface area contributed by atoms with Crippen LogP contribution in [0.2, 0.25) is 0 Å². The van der Waals surface area contributed by atoms with Crippen molar-refractivity contribution in [2.45, 2.75) is 45.1 Å². The van der Waals surface area contributed by atoms with Gasteiger partial charge >= 0.3 is 0 Å². The van der Waals surface area contributed by atoms with Crippen LogP contribution in [0, 0.1) is 0 Å². The molecule has 3 rings (SSSR count). The highest BCUT2D eigenvalue weighted by atomic mass is 16.2. The highest BCUT2D eigenvalue weighted by molar-refractivity contribution is 5.73. The van der Waals surface area contributed by atoms with Crippen LogP contribution >= 0.6 is 0 Å². The number of carbonyl (C=O) groups excluding carboxylic acids is 1. The number of piperazine rings is 1. The predicted octanol–water partition coefficient (Wildman–Crippen LogP) is 1.28. The molecule has 0 unspecified atom stereocenters. The van der Waals surface area contributed by atoms with Crippen molar-refractivity contribution in [3.63, 3.8) is 0 Å². The van der Waals surface area contributed by atoms with Gasteiger partial charge in [-0.05, 0) is 12.8 Å². The lowest BCUT2D eigenvalue weighted by atomic mass is 9.96. The van der Waals surface area contributed by atoms with Crippen molar-refractivity contribution in [2.75, 3.05) is 36.4 Å². The molecule has 0 aromatic carbocycles. The van der Waals surface area contributed by atoms with Crippen molar-refractivity contribution in [1.82, 2.24) is 20.1 Å². The summed E-state index contributed by atoms with van der Waals surface area (Å²) in [5, 5.41) is 11.7. The van der Waals surface area contributed by atoms with Gasteiger partial charge in [0, 0.05) is 39.1 Å². The first kappa shape index (κ1) is 15.0. The van der Waals surface area contributed by atoms with E-state index >= 15 is 0 Å². The molecule has 7 nitrogen and oxygen atoms in total. The van der Waals surface area contributed by atoms with E-state index in [0.717, 1.165) is 32.0 Å². The number of hydrogen-bond acceptors (Lipinski definition) is 6. The maximum atomic E-state index is 11.4. The fraction of sp³-hybridized carbons (Fsp3) is 0.733. The molecule has 2 aliphatic rings. The highest BCUT2D eigenvalue weighted by Gasteiger charge is 2.21. The Labute approximate surface area is 131 Å². The number of hydrogen-bond donors (Lipinski definition) is 1. The summed E-state index contributed by atoms with van der Waals surface area (Å²) in [5.74, 6) is 1.60. The minimum absolute atomic E-state index is 0.131. The zero-order valence-corrected chi connectivity index (χ0v) is 13.2. The molecule has 2 fully saturated rings. The second-order valence-electron chi connectivity index (χ2n) is 6.11. The highest BCUT2D eigenvalue weighted by Crippen LogP contribution is 2.21.